The second-order valence-electron chi connectivity index (χ2n) is 2.98. The maximum Gasteiger partial charge on any atom is 0.0718 e. The third-order valence-corrected chi connectivity index (χ3v) is 2.40. The van der Waals surface area contributed by atoms with Gasteiger partial charge in [-0.25, -0.2) is 0 Å². The second kappa shape index (κ2) is 8.11. The fourth-order valence-corrected chi connectivity index (χ4v) is 1.65. The molecule has 1 aromatic rings. The summed E-state index contributed by atoms with van der Waals surface area (Å²) >= 11 is 8.87. The molecule has 0 fully saturated rings. The van der Waals surface area contributed by atoms with Crippen molar-refractivity contribution >= 4 is 27.5 Å². The molecule has 0 aliphatic heterocycles. The zero-order valence-electron chi connectivity index (χ0n) is 8.42. The van der Waals surface area contributed by atoms with Crippen LogP contribution in [-0.4, -0.2) is 25.7 Å². The predicted octanol–water partition coefficient (Wildman–Crippen LogP) is 3.22. The van der Waals surface area contributed by atoms with Crippen LogP contribution in [0.25, 0.3) is 0 Å². The van der Waals surface area contributed by atoms with Gasteiger partial charge in [0, 0.05) is 10.4 Å². The van der Waals surface area contributed by atoms with Gasteiger partial charge in [-0.1, -0.05) is 28.1 Å². The summed E-state index contributed by atoms with van der Waals surface area (Å²) in [6.45, 7) is 2.40. The van der Waals surface area contributed by atoms with Gasteiger partial charge < -0.3 is 9.47 Å². The third kappa shape index (κ3) is 6.15. The minimum absolute atomic E-state index is 0.533. The molecule has 0 atom stereocenters. The molecule has 0 N–H and O–H groups in total. The van der Waals surface area contributed by atoms with E-state index in [9.17, 15) is 0 Å². The Hall–Kier alpha value is -0.0900. The van der Waals surface area contributed by atoms with Crippen LogP contribution in [0.4, 0.5) is 0 Å². The fraction of sp³-hybridized carbons (Fsp3) is 0.455. The number of benzene rings is 1. The molecular weight excluding hydrogens is 279 g/mol. The molecule has 0 spiro atoms. The van der Waals surface area contributed by atoms with E-state index in [0.29, 0.717) is 32.3 Å². The van der Waals surface area contributed by atoms with Crippen LogP contribution >= 0.6 is 27.5 Å². The van der Waals surface area contributed by atoms with Crippen molar-refractivity contribution in [3.63, 3.8) is 0 Å². The van der Waals surface area contributed by atoms with Gasteiger partial charge in [0.15, 0.2) is 0 Å². The van der Waals surface area contributed by atoms with Crippen molar-refractivity contribution in [2.45, 2.75) is 6.61 Å². The lowest BCUT2D eigenvalue weighted by molar-refractivity contribution is 0.0459. The van der Waals surface area contributed by atoms with Crippen LogP contribution in [0.3, 0.4) is 0 Å². The summed E-state index contributed by atoms with van der Waals surface area (Å²) in [5.74, 6) is 0.533. The predicted molar refractivity (Wildman–Crippen MR) is 65.3 cm³/mol. The monoisotopic (exact) mass is 292 g/mol. The highest BCUT2D eigenvalue weighted by atomic mass is 79.9. The highest BCUT2D eigenvalue weighted by Gasteiger charge is 1.94. The Labute approximate surface area is 104 Å². The van der Waals surface area contributed by atoms with Crippen LogP contribution in [-0.2, 0) is 16.1 Å². The molecule has 0 aliphatic carbocycles. The van der Waals surface area contributed by atoms with Gasteiger partial charge in [0.2, 0.25) is 0 Å². The van der Waals surface area contributed by atoms with Gasteiger partial charge in [-0.3, -0.25) is 0 Å². The maximum absolute atomic E-state index is 5.46. The quantitative estimate of drug-likeness (QED) is 0.568. The molecule has 2 nitrogen and oxygen atoms in total. The minimum atomic E-state index is 0.533. The van der Waals surface area contributed by atoms with Crippen LogP contribution in [0, 0.1) is 0 Å². The Balaban J connectivity index is 2.10. The van der Waals surface area contributed by atoms with Crippen molar-refractivity contribution in [1.82, 2.24) is 0 Å². The van der Waals surface area contributed by atoms with E-state index in [-0.39, 0.29) is 0 Å². The molecule has 0 saturated heterocycles. The molecule has 1 aromatic carbocycles. The van der Waals surface area contributed by atoms with E-state index >= 15 is 0 Å². The highest BCUT2D eigenvalue weighted by Crippen LogP contribution is 2.12. The lowest BCUT2D eigenvalue weighted by Crippen LogP contribution is -2.05. The van der Waals surface area contributed by atoms with Gasteiger partial charge in [0.05, 0.1) is 26.4 Å². The first-order chi connectivity index (χ1) is 7.33. The molecule has 4 heteroatoms. The van der Waals surface area contributed by atoms with Gasteiger partial charge in [-0.15, -0.1) is 11.6 Å². The van der Waals surface area contributed by atoms with Gasteiger partial charge in [-0.2, -0.15) is 0 Å². The number of hydrogen-bond acceptors (Lipinski definition) is 2. The summed E-state index contributed by atoms with van der Waals surface area (Å²) < 4.78 is 11.7. The topological polar surface area (TPSA) is 18.5 Å². The van der Waals surface area contributed by atoms with E-state index in [1.807, 2.05) is 24.3 Å². The Morgan fingerprint density at radius 1 is 1.13 bits per heavy atom. The third-order valence-electron chi connectivity index (χ3n) is 1.75. The molecule has 0 radical (unpaired) electrons. The van der Waals surface area contributed by atoms with E-state index in [1.54, 1.807) is 0 Å². The van der Waals surface area contributed by atoms with Crippen molar-refractivity contribution in [3.8, 4) is 0 Å². The molecule has 0 aliphatic rings. The van der Waals surface area contributed by atoms with E-state index in [0.717, 1.165) is 10.0 Å². The van der Waals surface area contributed by atoms with Crippen molar-refractivity contribution in [2.24, 2.45) is 0 Å². The van der Waals surface area contributed by atoms with Crippen molar-refractivity contribution in [2.75, 3.05) is 25.7 Å². The highest BCUT2D eigenvalue weighted by molar-refractivity contribution is 9.10. The molecule has 0 saturated carbocycles. The van der Waals surface area contributed by atoms with Crippen LogP contribution in [0.1, 0.15) is 5.56 Å². The fourth-order valence-electron chi connectivity index (χ4n) is 1.09. The van der Waals surface area contributed by atoms with E-state index in [2.05, 4.69) is 15.9 Å². The number of alkyl halides is 1. The summed E-state index contributed by atoms with van der Waals surface area (Å²) in [5.41, 5.74) is 1.15. The van der Waals surface area contributed by atoms with Crippen molar-refractivity contribution in [3.05, 3.63) is 34.3 Å². The SMILES string of the molecule is ClCCOCCOCc1cccc(Br)c1. The Kier molecular flexibility index (Phi) is 7.01. The summed E-state index contributed by atoms with van der Waals surface area (Å²) in [7, 11) is 0. The number of rotatable bonds is 7. The molecule has 0 bridgehead atoms. The first-order valence-corrected chi connectivity index (χ1v) is 6.11. The van der Waals surface area contributed by atoms with Crippen LogP contribution < -0.4 is 0 Å². The molecular formula is C11H14BrClO2. The van der Waals surface area contributed by atoms with Gasteiger partial charge >= 0.3 is 0 Å². The Morgan fingerprint density at radius 3 is 2.67 bits per heavy atom. The Bertz CT molecular complexity index is 281. The largest absolute Gasteiger partial charge is 0.378 e. The van der Waals surface area contributed by atoms with E-state index < -0.39 is 0 Å². The lowest BCUT2D eigenvalue weighted by atomic mass is 10.2. The lowest BCUT2D eigenvalue weighted by Gasteiger charge is -2.05. The summed E-state index contributed by atoms with van der Waals surface area (Å²) in [6.07, 6.45) is 0. The molecule has 0 amide bonds. The summed E-state index contributed by atoms with van der Waals surface area (Å²) in [4.78, 5) is 0. The maximum atomic E-state index is 5.46. The summed E-state index contributed by atoms with van der Waals surface area (Å²) in [5, 5.41) is 0. The first-order valence-electron chi connectivity index (χ1n) is 4.79. The molecule has 0 heterocycles. The van der Waals surface area contributed by atoms with E-state index in [1.165, 1.54) is 0 Å². The molecule has 15 heavy (non-hydrogen) atoms. The molecule has 1 rings (SSSR count). The zero-order valence-corrected chi connectivity index (χ0v) is 10.8. The molecule has 84 valence electrons. The smallest absolute Gasteiger partial charge is 0.0718 e. The summed E-state index contributed by atoms with van der Waals surface area (Å²) in [6, 6.07) is 8.06. The normalized spacial score (nSPS) is 10.5. The average molecular weight is 294 g/mol. The molecule has 0 aromatic heterocycles. The number of halogens is 2. The van der Waals surface area contributed by atoms with Crippen molar-refractivity contribution < 1.29 is 9.47 Å². The first kappa shape index (κ1) is 13.0. The molecule has 0 unspecified atom stereocenters. The Morgan fingerprint density at radius 2 is 1.93 bits per heavy atom. The standard InChI is InChI=1S/C11H14BrClO2/c12-11-3-1-2-10(8-11)9-15-7-6-14-5-4-13/h1-3,8H,4-7,9H2. The van der Waals surface area contributed by atoms with Crippen LogP contribution in [0.15, 0.2) is 28.7 Å². The second-order valence-corrected chi connectivity index (χ2v) is 4.28. The van der Waals surface area contributed by atoms with Crippen LogP contribution in [0.5, 0.6) is 0 Å². The number of ether oxygens (including phenoxy) is 2. The minimum Gasteiger partial charge on any atom is -0.378 e. The zero-order chi connectivity index (χ0) is 10.9. The van der Waals surface area contributed by atoms with E-state index in [4.69, 9.17) is 21.1 Å². The average Bonchev–Trinajstić information content (AvgIpc) is 2.23. The van der Waals surface area contributed by atoms with Crippen molar-refractivity contribution in [1.29, 1.82) is 0 Å². The van der Waals surface area contributed by atoms with Gasteiger partial charge in [0.25, 0.3) is 0 Å². The number of hydrogen-bond donors (Lipinski definition) is 0. The van der Waals surface area contributed by atoms with Crippen LogP contribution in [0.2, 0.25) is 0 Å². The van der Waals surface area contributed by atoms with Gasteiger partial charge in [0.1, 0.15) is 0 Å². The van der Waals surface area contributed by atoms with Gasteiger partial charge in [-0.05, 0) is 17.7 Å².